The van der Waals surface area contributed by atoms with Crippen LogP contribution in [0.5, 0.6) is 11.5 Å². The lowest BCUT2D eigenvalue weighted by molar-refractivity contribution is -0.856. The van der Waals surface area contributed by atoms with Gasteiger partial charge in [-0.25, -0.2) is 0 Å². The van der Waals surface area contributed by atoms with E-state index < -0.39 is 6.03 Å². The number of ether oxygens (including phenoxy) is 2. The van der Waals surface area contributed by atoms with Crippen molar-refractivity contribution in [1.82, 2.24) is 0 Å². The van der Waals surface area contributed by atoms with Gasteiger partial charge in [-0.2, -0.15) is 0 Å². The van der Waals surface area contributed by atoms with E-state index in [2.05, 4.69) is 96.1 Å². The fraction of sp³-hybridized carbons (Fsp3) is 0.133. The highest BCUT2D eigenvalue weighted by atomic mass is 16.7. The monoisotopic (exact) mass is 444 g/mol. The van der Waals surface area contributed by atoms with Gasteiger partial charge in [0.05, 0.1) is 11.1 Å². The van der Waals surface area contributed by atoms with Crippen molar-refractivity contribution in [3.63, 3.8) is 0 Å². The lowest BCUT2D eigenvalue weighted by atomic mass is 9.75. The van der Waals surface area contributed by atoms with Gasteiger partial charge < -0.3 is 9.47 Å². The van der Waals surface area contributed by atoms with E-state index in [9.17, 15) is 0 Å². The van der Waals surface area contributed by atoms with Gasteiger partial charge in [0.25, 0.3) is 0 Å². The summed E-state index contributed by atoms with van der Waals surface area (Å²) in [6.07, 6.45) is 4.30. The van der Waals surface area contributed by atoms with Gasteiger partial charge in [0.1, 0.15) is 0 Å². The predicted octanol–water partition coefficient (Wildman–Crippen LogP) is 5.95. The van der Waals surface area contributed by atoms with E-state index in [4.69, 9.17) is 9.47 Å². The van der Waals surface area contributed by atoms with Gasteiger partial charge in [0.15, 0.2) is 23.9 Å². The van der Waals surface area contributed by atoms with Crippen LogP contribution in [0.3, 0.4) is 0 Å². The Bertz CT molecular complexity index is 1530. The molecule has 0 radical (unpaired) electrons. The summed E-state index contributed by atoms with van der Waals surface area (Å²) in [5.74, 6) is 1.64. The third-order valence-corrected chi connectivity index (χ3v) is 7.13. The first-order valence-corrected chi connectivity index (χ1v) is 11.6. The number of para-hydroxylation sites is 4. The van der Waals surface area contributed by atoms with Crippen LogP contribution in [0, 0.1) is 0 Å². The highest BCUT2D eigenvalue weighted by molar-refractivity contribution is 5.85. The van der Waals surface area contributed by atoms with Crippen molar-refractivity contribution in [2.24, 2.45) is 0 Å². The summed E-state index contributed by atoms with van der Waals surface area (Å²) >= 11 is 0. The summed E-state index contributed by atoms with van der Waals surface area (Å²) in [6.45, 7) is 4.53. The molecule has 3 heterocycles. The first-order valence-electron chi connectivity index (χ1n) is 11.6. The van der Waals surface area contributed by atoms with E-state index in [1.54, 1.807) is 0 Å². The summed E-state index contributed by atoms with van der Waals surface area (Å²) in [4.78, 5) is 0. The molecule has 3 aliphatic heterocycles. The average molecular weight is 445 g/mol. The summed E-state index contributed by atoms with van der Waals surface area (Å²) in [7, 11) is 0. The minimum Gasteiger partial charge on any atom is -0.340 e. The van der Waals surface area contributed by atoms with Crippen LogP contribution in [0.1, 0.15) is 36.1 Å². The van der Waals surface area contributed by atoms with Crippen molar-refractivity contribution >= 4 is 23.8 Å². The van der Waals surface area contributed by atoms with Crippen LogP contribution in [-0.2, 0) is 5.41 Å². The molecule has 0 unspecified atom stereocenters. The molecule has 3 aliphatic rings. The van der Waals surface area contributed by atoms with Gasteiger partial charge >= 0.3 is 6.03 Å². The van der Waals surface area contributed by atoms with Crippen molar-refractivity contribution in [1.29, 1.82) is 0 Å². The molecule has 0 saturated carbocycles. The molecular weight excluding hydrogens is 420 g/mol. The highest BCUT2D eigenvalue weighted by Gasteiger charge is 2.68. The Morgan fingerprint density at radius 2 is 1.26 bits per heavy atom. The fourth-order valence-corrected chi connectivity index (χ4v) is 5.40. The first kappa shape index (κ1) is 19.3. The lowest BCUT2D eigenvalue weighted by Crippen LogP contribution is -2.62. The third-order valence-electron chi connectivity index (χ3n) is 7.13. The van der Waals surface area contributed by atoms with E-state index >= 15 is 0 Å². The zero-order valence-corrected chi connectivity index (χ0v) is 19.1. The quantitative estimate of drug-likeness (QED) is 0.339. The van der Waals surface area contributed by atoms with Crippen LogP contribution in [0.2, 0.25) is 0 Å². The highest BCUT2D eigenvalue weighted by Crippen LogP contribution is 2.50. The minimum absolute atomic E-state index is 0.276. The second-order valence-corrected chi connectivity index (χ2v) is 9.49. The Hall–Kier alpha value is -4.18. The second kappa shape index (κ2) is 6.67. The van der Waals surface area contributed by atoms with Crippen molar-refractivity contribution in [2.45, 2.75) is 25.3 Å². The molecule has 164 valence electrons. The number of rotatable bonds is 1. The van der Waals surface area contributed by atoms with Crippen molar-refractivity contribution in [2.75, 3.05) is 0 Å². The maximum atomic E-state index is 7.03. The number of nitrogens with zero attached hydrogens (tertiary/aromatic N) is 2. The maximum absolute atomic E-state index is 7.03. The van der Waals surface area contributed by atoms with Crippen LogP contribution < -0.4 is 9.47 Å². The molecule has 4 heteroatoms. The van der Waals surface area contributed by atoms with E-state index in [-0.39, 0.29) is 5.41 Å². The van der Waals surface area contributed by atoms with Crippen LogP contribution in [0.15, 0.2) is 97.1 Å². The van der Waals surface area contributed by atoms with E-state index in [0.29, 0.717) is 0 Å². The van der Waals surface area contributed by atoms with Crippen LogP contribution >= 0.6 is 0 Å². The SMILES string of the molecule is CC1(C)c2ccccc2[N+]2=Cc3ccccc3O[C@]23Oc2c(cccc21)C=[N+]3c1ccccc1. The summed E-state index contributed by atoms with van der Waals surface area (Å²) in [6, 6.07) is 32.1. The lowest BCUT2D eigenvalue weighted by Gasteiger charge is -2.37. The molecule has 0 aliphatic carbocycles. The molecule has 0 amide bonds. The van der Waals surface area contributed by atoms with Crippen LogP contribution in [0.25, 0.3) is 0 Å². The number of hydrogen-bond donors (Lipinski definition) is 0. The zero-order chi connectivity index (χ0) is 22.9. The molecule has 4 aromatic carbocycles. The molecular formula is C30H24N2O2+2. The molecule has 4 nitrogen and oxygen atoms in total. The fourth-order valence-electron chi connectivity index (χ4n) is 5.40. The Morgan fingerprint density at radius 3 is 2.15 bits per heavy atom. The molecule has 1 spiro atoms. The molecule has 0 fully saturated rings. The van der Waals surface area contributed by atoms with E-state index in [1.165, 1.54) is 5.56 Å². The normalized spacial score (nSPS) is 20.6. The maximum Gasteiger partial charge on any atom is 0.714 e. The van der Waals surface area contributed by atoms with Gasteiger partial charge in [0, 0.05) is 34.7 Å². The molecule has 0 saturated heterocycles. The number of hydrogen-bond acceptors (Lipinski definition) is 2. The summed E-state index contributed by atoms with van der Waals surface area (Å²) in [5.41, 5.74) is 6.15. The van der Waals surface area contributed by atoms with Crippen LogP contribution in [0.4, 0.5) is 11.4 Å². The smallest absolute Gasteiger partial charge is 0.340 e. The first-order chi connectivity index (χ1) is 16.6. The molecule has 0 aromatic heterocycles. The van der Waals surface area contributed by atoms with Crippen molar-refractivity contribution in [3.05, 3.63) is 119 Å². The number of benzene rings is 4. The zero-order valence-electron chi connectivity index (χ0n) is 19.1. The standard InChI is InChI=1S/C30H24N2O2/c1-29(2)24-15-7-8-17-26(24)32-19-21-11-6-9-18-27(21)33-30(32)31(23-13-4-3-5-14-23)20-22-12-10-16-25(29)28(22)34-30/h3-20H,1-2H3/q+2/t30-/m1/s1. The van der Waals surface area contributed by atoms with E-state index in [1.807, 2.05) is 36.4 Å². The van der Waals surface area contributed by atoms with Gasteiger partial charge in [0.2, 0.25) is 11.4 Å². The third kappa shape index (κ3) is 2.48. The molecule has 4 aromatic rings. The van der Waals surface area contributed by atoms with Gasteiger partial charge in [-0.3, -0.25) is 0 Å². The summed E-state index contributed by atoms with van der Waals surface area (Å²) in [5, 5.41) is 0. The largest absolute Gasteiger partial charge is 0.714 e. The van der Waals surface area contributed by atoms with Gasteiger partial charge in [-0.05, 0) is 18.2 Å². The second-order valence-electron chi connectivity index (χ2n) is 9.49. The molecule has 1 atom stereocenters. The summed E-state index contributed by atoms with van der Waals surface area (Å²) < 4.78 is 18.1. The average Bonchev–Trinajstić information content (AvgIpc) is 2.87. The molecule has 2 bridgehead atoms. The Morgan fingerprint density at radius 1 is 0.588 bits per heavy atom. The van der Waals surface area contributed by atoms with Gasteiger partial charge in [-0.1, -0.05) is 83.7 Å². The Balaban J connectivity index is 1.66. The van der Waals surface area contributed by atoms with Crippen molar-refractivity contribution < 1.29 is 18.6 Å². The Kier molecular flexibility index (Phi) is 3.79. The predicted molar refractivity (Wildman–Crippen MR) is 132 cm³/mol. The molecule has 34 heavy (non-hydrogen) atoms. The Labute approximate surface area is 198 Å². The van der Waals surface area contributed by atoms with Crippen molar-refractivity contribution in [3.8, 4) is 11.5 Å². The van der Waals surface area contributed by atoms with Gasteiger partial charge in [-0.15, -0.1) is 0 Å². The van der Waals surface area contributed by atoms with Crippen LogP contribution in [-0.4, -0.2) is 27.6 Å². The molecule has 0 N–H and O–H groups in total. The topological polar surface area (TPSA) is 24.5 Å². The van der Waals surface area contributed by atoms with E-state index in [0.717, 1.165) is 39.6 Å². The minimum atomic E-state index is -1.26. The molecule has 7 rings (SSSR count). The number of fused-ring (bicyclic) bond motifs is 3.